The van der Waals surface area contributed by atoms with Crippen molar-refractivity contribution in [2.24, 2.45) is 0 Å². The third kappa shape index (κ3) is 4.14. The number of nitrogens with zero attached hydrogens (tertiary/aromatic N) is 2. The van der Waals surface area contributed by atoms with Gasteiger partial charge in [0.15, 0.2) is 11.5 Å². The van der Waals surface area contributed by atoms with Gasteiger partial charge in [0.25, 0.3) is 0 Å². The molecule has 3 aromatic rings. The van der Waals surface area contributed by atoms with Gasteiger partial charge in [-0.2, -0.15) is 0 Å². The van der Waals surface area contributed by atoms with Gasteiger partial charge in [-0.25, -0.2) is 4.98 Å². The Morgan fingerprint density at radius 1 is 1.21 bits per heavy atom. The summed E-state index contributed by atoms with van der Waals surface area (Å²) in [6, 6.07) is 9.47. The van der Waals surface area contributed by atoms with Gasteiger partial charge in [-0.3, -0.25) is 9.78 Å². The van der Waals surface area contributed by atoms with Crippen LogP contribution in [-0.2, 0) is 17.6 Å². The number of rotatable bonds is 7. The second kappa shape index (κ2) is 8.12. The van der Waals surface area contributed by atoms with Gasteiger partial charge < -0.3 is 19.2 Å². The quantitative estimate of drug-likeness (QED) is 0.635. The van der Waals surface area contributed by atoms with Gasteiger partial charge in [-0.1, -0.05) is 6.07 Å². The molecule has 2 aromatic heterocycles. The number of amides is 1. The molecule has 0 radical (unpaired) electrons. The first kappa shape index (κ1) is 18.0. The van der Waals surface area contributed by atoms with E-state index in [2.05, 4.69) is 15.3 Å². The van der Waals surface area contributed by atoms with Crippen LogP contribution >= 0.6 is 0 Å². The van der Waals surface area contributed by atoms with Crippen molar-refractivity contribution in [1.29, 1.82) is 0 Å². The minimum absolute atomic E-state index is 0.0696. The van der Waals surface area contributed by atoms with Gasteiger partial charge in [0.2, 0.25) is 18.6 Å². The molecule has 0 bridgehead atoms. The summed E-state index contributed by atoms with van der Waals surface area (Å²) in [4.78, 5) is 20.8. The smallest absolute Gasteiger partial charge is 0.231 e. The lowest BCUT2D eigenvalue weighted by molar-refractivity contribution is -0.120. The molecule has 0 atom stereocenters. The van der Waals surface area contributed by atoms with Crippen LogP contribution in [0.4, 0.5) is 0 Å². The third-order valence-corrected chi connectivity index (χ3v) is 4.53. The van der Waals surface area contributed by atoms with E-state index in [1.54, 1.807) is 6.20 Å². The minimum Gasteiger partial charge on any atom is -0.454 e. The van der Waals surface area contributed by atoms with Gasteiger partial charge in [-0.05, 0) is 49.6 Å². The Bertz CT molecular complexity index is 969. The van der Waals surface area contributed by atoms with E-state index in [4.69, 9.17) is 13.9 Å². The van der Waals surface area contributed by atoms with E-state index in [9.17, 15) is 4.79 Å². The van der Waals surface area contributed by atoms with E-state index in [0.717, 1.165) is 24.0 Å². The molecule has 0 unspecified atom stereocenters. The van der Waals surface area contributed by atoms with Crippen LogP contribution in [0, 0.1) is 6.92 Å². The summed E-state index contributed by atoms with van der Waals surface area (Å²) in [5, 5.41) is 2.93. The molecule has 0 spiro atoms. The van der Waals surface area contributed by atoms with E-state index in [0.29, 0.717) is 35.4 Å². The second-order valence-corrected chi connectivity index (χ2v) is 6.58. The van der Waals surface area contributed by atoms with Crippen molar-refractivity contribution in [2.45, 2.75) is 26.2 Å². The molecule has 1 aliphatic heterocycles. The molecule has 1 aliphatic rings. The van der Waals surface area contributed by atoms with Crippen molar-refractivity contribution < 1.29 is 18.7 Å². The number of nitrogens with one attached hydrogen (secondary N) is 1. The number of hydrogen-bond acceptors (Lipinski definition) is 6. The van der Waals surface area contributed by atoms with Crippen molar-refractivity contribution >= 4 is 5.91 Å². The third-order valence-electron chi connectivity index (χ3n) is 4.53. The fraction of sp³-hybridized carbons (Fsp3) is 0.286. The predicted octanol–water partition coefficient (Wildman–Crippen LogP) is 3.07. The second-order valence-electron chi connectivity index (χ2n) is 6.58. The minimum atomic E-state index is -0.0696. The van der Waals surface area contributed by atoms with Crippen molar-refractivity contribution in [1.82, 2.24) is 15.3 Å². The van der Waals surface area contributed by atoms with Crippen molar-refractivity contribution in [3.8, 4) is 23.0 Å². The Morgan fingerprint density at radius 2 is 2.11 bits per heavy atom. The number of oxazole rings is 1. The Hall–Kier alpha value is -3.35. The summed E-state index contributed by atoms with van der Waals surface area (Å²) in [7, 11) is 0. The number of ether oxygens (including phenoxy) is 2. The van der Waals surface area contributed by atoms with Crippen LogP contribution in [-0.4, -0.2) is 29.2 Å². The Balaban J connectivity index is 1.32. The molecule has 0 saturated carbocycles. The average molecular weight is 379 g/mol. The molecular weight excluding hydrogens is 358 g/mol. The van der Waals surface area contributed by atoms with E-state index in [1.807, 2.05) is 43.5 Å². The number of pyridine rings is 1. The standard InChI is InChI=1S/C21H21N3O4/c1-14-17(11-20(25)23-9-3-5-15-4-2-8-22-12-15)24-21(28-14)16-6-7-18-19(10-16)27-13-26-18/h2,4,6-8,10,12H,3,5,9,11,13H2,1H3,(H,23,25). The van der Waals surface area contributed by atoms with Crippen molar-refractivity contribution in [3.63, 3.8) is 0 Å². The summed E-state index contributed by atoms with van der Waals surface area (Å²) >= 11 is 0. The lowest BCUT2D eigenvalue weighted by Crippen LogP contribution is -2.26. The number of carbonyl (C=O) groups is 1. The molecule has 0 saturated heterocycles. The highest BCUT2D eigenvalue weighted by Gasteiger charge is 2.18. The number of benzene rings is 1. The first-order chi connectivity index (χ1) is 13.7. The zero-order chi connectivity index (χ0) is 19.3. The number of carbonyl (C=O) groups excluding carboxylic acids is 1. The van der Waals surface area contributed by atoms with E-state index >= 15 is 0 Å². The van der Waals surface area contributed by atoms with Crippen LogP contribution in [0.25, 0.3) is 11.5 Å². The van der Waals surface area contributed by atoms with Crippen LogP contribution in [0.5, 0.6) is 11.5 Å². The number of hydrogen-bond donors (Lipinski definition) is 1. The largest absolute Gasteiger partial charge is 0.454 e. The van der Waals surface area contributed by atoms with Gasteiger partial charge in [0.1, 0.15) is 5.76 Å². The lowest BCUT2D eigenvalue weighted by atomic mass is 10.1. The van der Waals surface area contributed by atoms with E-state index in [-0.39, 0.29) is 19.1 Å². The van der Waals surface area contributed by atoms with Gasteiger partial charge >= 0.3 is 0 Å². The van der Waals surface area contributed by atoms with E-state index < -0.39 is 0 Å². The molecule has 144 valence electrons. The van der Waals surface area contributed by atoms with Crippen LogP contribution in [0.3, 0.4) is 0 Å². The topological polar surface area (TPSA) is 86.5 Å². The molecule has 1 N–H and O–H groups in total. The molecule has 4 rings (SSSR count). The maximum absolute atomic E-state index is 12.2. The average Bonchev–Trinajstić information content (AvgIpc) is 3.32. The first-order valence-corrected chi connectivity index (χ1v) is 9.21. The van der Waals surface area contributed by atoms with Crippen molar-refractivity contribution in [2.75, 3.05) is 13.3 Å². The highest BCUT2D eigenvalue weighted by atomic mass is 16.7. The maximum atomic E-state index is 12.2. The number of fused-ring (bicyclic) bond motifs is 1. The summed E-state index contributed by atoms with van der Waals surface area (Å²) in [5.74, 6) is 2.41. The molecule has 1 aromatic carbocycles. The summed E-state index contributed by atoms with van der Waals surface area (Å²) in [6.45, 7) is 2.64. The molecule has 0 fully saturated rings. The van der Waals surface area contributed by atoms with Crippen LogP contribution in [0.15, 0.2) is 47.1 Å². The SMILES string of the molecule is Cc1oc(-c2ccc3c(c2)OCO3)nc1CC(=O)NCCCc1cccnc1. The maximum Gasteiger partial charge on any atom is 0.231 e. The van der Waals surface area contributed by atoms with Crippen LogP contribution in [0.1, 0.15) is 23.4 Å². The summed E-state index contributed by atoms with van der Waals surface area (Å²) < 4.78 is 16.5. The Labute approximate surface area is 162 Å². The van der Waals surface area contributed by atoms with Crippen molar-refractivity contribution in [3.05, 3.63) is 59.7 Å². The summed E-state index contributed by atoms with van der Waals surface area (Å²) in [5.41, 5.74) is 2.59. The molecule has 1 amide bonds. The van der Waals surface area contributed by atoms with Gasteiger partial charge in [-0.15, -0.1) is 0 Å². The highest BCUT2D eigenvalue weighted by Crippen LogP contribution is 2.36. The van der Waals surface area contributed by atoms with Crippen LogP contribution < -0.4 is 14.8 Å². The fourth-order valence-electron chi connectivity index (χ4n) is 3.03. The Kier molecular flexibility index (Phi) is 5.23. The molecule has 28 heavy (non-hydrogen) atoms. The number of aryl methyl sites for hydroxylation is 2. The van der Waals surface area contributed by atoms with E-state index in [1.165, 1.54) is 0 Å². The molecule has 7 nitrogen and oxygen atoms in total. The fourth-order valence-corrected chi connectivity index (χ4v) is 3.03. The van der Waals surface area contributed by atoms with Crippen LogP contribution in [0.2, 0.25) is 0 Å². The number of aromatic nitrogens is 2. The highest BCUT2D eigenvalue weighted by molar-refractivity contribution is 5.78. The molecule has 3 heterocycles. The first-order valence-electron chi connectivity index (χ1n) is 9.21. The zero-order valence-electron chi connectivity index (χ0n) is 15.6. The zero-order valence-corrected chi connectivity index (χ0v) is 15.6. The molecule has 7 heteroatoms. The van der Waals surface area contributed by atoms with Gasteiger partial charge in [0.05, 0.1) is 12.1 Å². The lowest BCUT2D eigenvalue weighted by Gasteiger charge is -2.04. The monoisotopic (exact) mass is 379 g/mol. The normalized spacial score (nSPS) is 12.2. The summed E-state index contributed by atoms with van der Waals surface area (Å²) in [6.07, 6.45) is 5.53. The molecular formula is C21H21N3O4. The molecule has 0 aliphatic carbocycles. The Morgan fingerprint density at radius 3 is 2.96 bits per heavy atom. The predicted molar refractivity (Wildman–Crippen MR) is 102 cm³/mol. The van der Waals surface area contributed by atoms with Gasteiger partial charge in [0, 0.05) is 24.5 Å².